The highest BCUT2D eigenvalue weighted by atomic mass is 35.5. The fourth-order valence-corrected chi connectivity index (χ4v) is 4.39. The maximum absolute atomic E-state index is 12.9. The van der Waals surface area contributed by atoms with E-state index in [1.165, 1.54) is 5.56 Å². The van der Waals surface area contributed by atoms with Gasteiger partial charge >= 0.3 is 0 Å². The molecule has 1 saturated heterocycles. The largest absolute Gasteiger partial charge is 0.352 e. The molecule has 1 saturated carbocycles. The summed E-state index contributed by atoms with van der Waals surface area (Å²) < 4.78 is 0. The number of nitrogens with one attached hydrogen (secondary N) is 1. The first-order valence-electron chi connectivity index (χ1n) is 10.3. The Morgan fingerprint density at radius 3 is 2.39 bits per heavy atom. The van der Waals surface area contributed by atoms with Crippen LogP contribution in [0.15, 0.2) is 24.3 Å². The smallest absolute Gasteiger partial charge is 0.227 e. The zero-order valence-corrected chi connectivity index (χ0v) is 17.9. The van der Waals surface area contributed by atoms with Gasteiger partial charge in [0.15, 0.2) is 0 Å². The number of halogens is 1. The molecule has 2 amide bonds. The van der Waals surface area contributed by atoms with E-state index in [-0.39, 0.29) is 36.1 Å². The highest BCUT2D eigenvalue weighted by molar-refractivity contribution is 5.85. The van der Waals surface area contributed by atoms with Crippen LogP contribution in [-0.2, 0) is 16.1 Å². The number of benzene rings is 1. The van der Waals surface area contributed by atoms with E-state index < -0.39 is 5.54 Å². The maximum atomic E-state index is 12.9. The van der Waals surface area contributed by atoms with Gasteiger partial charge in [0, 0.05) is 31.1 Å². The normalized spacial score (nSPS) is 25.7. The van der Waals surface area contributed by atoms with Gasteiger partial charge < -0.3 is 16.0 Å². The number of hydrogen-bond acceptors (Lipinski definition) is 3. The van der Waals surface area contributed by atoms with Crippen LogP contribution in [0.4, 0.5) is 0 Å². The van der Waals surface area contributed by atoms with Gasteiger partial charge in [-0.15, -0.1) is 12.4 Å². The topological polar surface area (TPSA) is 75.4 Å². The van der Waals surface area contributed by atoms with E-state index in [4.69, 9.17) is 5.73 Å². The summed E-state index contributed by atoms with van der Waals surface area (Å²) in [4.78, 5) is 27.3. The van der Waals surface area contributed by atoms with Crippen LogP contribution >= 0.6 is 12.4 Å². The number of rotatable bonds is 4. The number of aryl methyl sites for hydroxylation is 1. The van der Waals surface area contributed by atoms with Crippen molar-refractivity contribution in [3.63, 3.8) is 0 Å². The van der Waals surface area contributed by atoms with Crippen LogP contribution in [-0.4, -0.2) is 35.3 Å². The molecule has 2 atom stereocenters. The second kappa shape index (κ2) is 9.75. The fourth-order valence-electron chi connectivity index (χ4n) is 4.39. The van der Waals surface area contributed by atoms with Crippen molar-refractivity contribution in [1.29, 1.82) is 0 Å². The Labute approximate surface area is 174 Å². The Kier molecular flexibility index (Phi) is 7.90. The van der Waals surface area contributed by atoms with Crippen LogP contribution in [0.2, 0.25) is 0 Å². The van der Waals surface area contributed by atoms with Crippen molar-refractivity contribution in [3.05, 3.63) is 35.4 Å². The zero-order valence-electron chi connectivity index (χ0n) is 17.1. The molecule has 3 rings (SSSR count). The molecule has 2 aliphatic rings. The molecule has 1 heterocycles. The first-order valence-corrected chi connectivity index (χ1v) is 10.3. The lowest BCUT2D eigenvalue weighted by Crippen LogP contribution is -2.55. The third-order valence-electron chi connectivity index (χ3n) is 6.32. The Morgan fingerprint density at radius 1 is 1.14 bits per heavy atom. The molecule has 5 nitrogen and oxygen atoms in total. The zero-order chi connectivity index (χ0) is 19.4. The highest BCUT2D eigenvalue weighted by Gasteiger charge is 2.40. The van der Waals surface area contributed by atoms with Gasteiger partial charge in [-0.1, -0.05) is 42.7 Å². The molecule has 2 fully saturated rings. The molecule has 0 bridgehead atoms. The number of nitrogens with two attached hydrogens (primary N) is 1. The number of piperidine rings is 1. The number of carbonyl (C=O) groups is 2. The number of hydrogen-bond donors (Lipinski definition) is 2. The van der Waals surface area contributed by atoms with Gasteiger partial charge in [-0.3, -0.25) is 9.59 Å². The Morgan fingerprint density at radius 2 is 1.79 bits per heavy atom. The fraction of sp³-hybridized carbons (Fsp3) is 0.636. The van der Waals surface area contributed by atoms with Crippen molar-refractivity contribution in [2.45, 2.75) is 64.5 Å². The molecular formula is C22H34ClN3O2. The summed E-state index contributed by atoms with van der Waals surface area (Å²) in [6, 6.07) is 8.21. The van der Waals surface area contributed by atoms with Crippen molar-refractivity contribution in [2.75, 3.05) is 13.1 Å². The molecule has 1 aliphatic heterocycles. The van der Waals surface area contributed by atoms with Gasteiger partial charge in [0.2, 0.25) is 11.8 Å². The van der Waals surface area contributed by atoms with Crippen molar-refractivity contribution in [1.82, 2.24) is 10.2 Å². The van der Waals surface area contributed by atoms with Crippen molar-refractivity contribution < 1.29 is 9.59 Å². The lowest BCUT2D eigenvalue weighted by molar-refractivity contribution is -0.142. The lowest BCUT2D eigenvalue weighted by atomic mass is 9.73. The van der Waals surface area contributed by atoms with Crippen molar-refractivity contribution >= 4 is 24.2 Å². The second-order valence-electron chi connectivity index (χ2n) is 8.61. The molecule has 1 aliphatic carbocycles. The summed E-state index contributed by atoms with van der Waals surface area (Å²) in [7, 11) is 0. The van der Waals surface area contributed by atoms with Crippen LogP contribution in [0.5, 0.6) is 0 Å². The van der Waals surface area contributed by atoms with E-state index >= 15 is 0 Å². The first-order chi connectivity index (χ1) is 12.9. The predicted octanol–water partition coefficient (Wildman–Crippen LogP) is 3.18. The average molecular weight is 408 g/mol. The van der Waals surface area contributed by atoms with E-state index in [1.807, 2.05) is 24.0 Å². The molecule has 1 aromatic carbocycles. The number of likely N-dealkylation sites (tertiary alicyclic amines) is 1. The Balaban J connectivity index is 0.00000280. The third-order valence-corrected chi connectivity index (χ3v) is 6.32. The number of carbonyl (C=O) groups excluding carboxylic acids is 2. The second-order valence-corrected chi connectivity index (χ2v) is 8.61. The molecule has 6 heteroatoms. The van der Waals surface area contributed by atoms with Crippen LogP contribution in [0, 0.1) is 18.8 Å². The first kappa shape index (κ1) is 22.7. The molecule has 2 unspecified atom stereocenters. The molecule has 0 spiro atoms. The summed E-state index contributed by atoms with van der Waals surface area (Å²) in [5.74, 6) is 0.218. The SMILES string of the molecule is Cc1ccc(CNC(=O)C2CCN(C(=O)C3CCCCC3(C)N)CC2)cc1.Cl. The summed E-state index contributed by atoms with van der Waals surface area (Å²) >= 11 is 0. The predicted molar refractivity (Wildman–Crippen MR) is 114 cm³/mol. The van der Waals surface area contributed by atoms with E-state index in [0.717, 1.165) is 44.1 Å². The quantitative estimate of drug-likeness (QED) is 0.804. The summed E-state index contributed by atoms with van der Waals surface area (Å²) in [5, 5.41) is 3.05. The van der Waals surface area contributed by atoms with Gasteiger partial charge in [0.05, 0.1) is 5.92 Å². The molecule has 0 radical (unpaired) electrons. The Bertz CT molecular complexity index is 667. The van der Waals surface area contributed by atoms with Crippen LogP contribution in [0.25, 0.3) is 0 Å². The summed E-state index contributed by atoms with van der Waals surface area (Å²) in [5.41, 5.74) is 8.33. The third kappa shape index (κ3) is 5.48. The standard InChI is InChI=1S/C22H33N3O2.ClH/c1-16-6-8-17(9-7-16)15-24-20(26)18-10-13-25(14-11-18)21(27)19-5-3-4-12-22(19,2)23;/h6-9,18-19H,3-5,10-15,23H2,1-2H3,(H,24,26);1H. The van der Waals surface area contributed by atoms with E-state index in [9.17, 15) is 9.59 Å². The van der Waals surface area contributed by atoms with E-state index in [1.54, 1.807) is 0 Å². The molecule has 156 valence electrons. The average Bonchev–Trinajstić information content (AvgIpc) is 2.66. The number of amides is 2. The number of nitrogens with zero attached hydrogens (tertiary/aromatic N) is 1. The van der Waals surface area contributed by atoms with Crippen molar-refractivity contribution in [3.8, 4) is 0 Å². The lowest BCUT2D eigenvalue weighted by Gasteiger charge is -2.41. The maximum Gasteiger partial charge on any atom is 0.227 e. The van der Waals surface area contributed by atoms with E-state index in [2.05, 4.69) is 24.4 Å². The van der Waals surface area contributed by atoms with Crippen LogP contribution < -0.4 is 11.1 Å². The van der Waals surface area contributed by atoms with Gasteiger partial charge in [0.25, 0.3) is 0 Å². The van der Waals surface area contributed by atoms with Crippen LogP contribution in [0.1, 0.15) is 56.6 Å². The van der Waals surface area contributed by atoms with Gasteiger partial charge in [-0.25, -0.2) is 0 Å². The summed E-state index contributed by atoms with van der Waals surface area (Å²) in [6.45, 7) is 5.95. The molecule has 0 aromatic heterocycles. The Hall–Kier alpha value is -1.59. The molecule has 28 heavy (non-hydrogen) atoms. The van der Waals surface area contributed by atoms with Crippen LogP contribution in [0.3, 0.4) is 0 Å². The minimum absolute atomic E-state index is 0. The summed E-state index contributed by atoms with van der Waals surface area (Å²) in [6.07, 6.45) is 5.48. The van der Waals surface area contributed by atoms with Gasteiger partial charge in [0.1, 0.15) is 0 Å². The van der Waals surface area contributed by atoms with Gasteiger partial charge in [-0.05, 0) is 45.1 Å². The minimum atomic E-state index is -0.391. The minimum Gasteiger partial charge on any atom is -0.352 e. The van der Waals surface area contributed by atoms with Gasteiger partial charge in [-0.2, -0.15) is 0 Å². The molecular weight excluding hydrogens is 374 g/mol. The van der Waals surface area contributed by atoms with E-state index in [0.29, 0.717) is 19.6 Å². The monoisotopic (exact) mass is 407 g/mol. The molecule has 3 N–H and O–H groups in total. The van der Waals surface area contributed by atoms with Crippen molar-refractivity contribution in [2.24, 2.45) is 17.6 Å². The highest BCUT2D eigenvalue weighted by Crippen LogP contribution is 2.33. The molecule has 1 aromatic rings.